The molecule has 0 spiro atoms. The largest absolute Gasteiger partial charge is 0.480 e. The third kappa shape index (κ3) is 3.04. The van der Waals surface area contributed by atoms with Gasteiger partial charge in [-0.25, -0.2) is 8.42 Å². The number of aliphatic carboxylic acids is 1. The Morgan fingerprint density at radius 2 is 2.14 bits per heavy atom. The van der Waals surface area contributed by atoms with E-state index in [0.29, 0.717) is 11.9 Å². The first kappa shape index (κ1) is 15.8. The second kappa shape index (κ2) is 5.66. The van der Waals surface area contributed by atoms with Crippen LogP contribution in [0.3, 0.4) is 0 Å². The van der Waals surface area contributed by atoms with Gasteiger partial charge in [-0.1, -0.05) is 19.4 Å². The van der Waals surface area contributed by atoms with Crippen LogP contribution in [0.5, 0.6) is 0 Å². The van der Waals surface area contributed by atoms with Gasteiger partial charge >= 0.3 is 5.97 Å². The van der Waals surface area contributed by atoms with Gasteiger partial charge in [-0.05, 0) is 25.5 Å². The third-order valence-electron chi connectivity index (χ3n) is 3.12. The maximum absolute atomic E-state index is 12.5. The van der Waals surface area contributed by atoms with Crippen LogP contribution in [0.15, 0.2) is 23.1 Å². The third-order valence-corrected chi connectivity index (χ3v) is 5.29. The molecule has 1 unspecified atom stereocenters. The zero-order chi connectivity index (χ0) is 15.7. The van der Waals surface area contributed by atoms with E-state index in [2.05, 4.69) is 13.5 Å². The molecule has 7 nitrogen and oxygen atoms in total. The minimum atomic E-state index is -4.01. The summed E-state index contributed by atoms with van der Waals surface area (Å²) in [6, 6.07) is 4.59. The Bertz CT molecular complexity index is 772. The van der Waals surface area contributed by atoms with Crippen molar-refractivity contribution in [3.63, 3.8) is 0 Å². The molecule has 0 aliphatic carbocycles. The Hall–Kier alpha value is -1.58. The van der Waals surface area contributed by atoms with E-state index >= 15 is 0 Å². The summed E-state index contributed by atoms with van der Waals surface area (Å²) in [6.45, 7) is 3.15. The highest BCUT2D eigenvalue weighted by Crippen LogP contribution is 2.23. The highest BCUT2D eigenvalue weighted by molar-refractivity contribution is 7.89. The number of fused-ring (bicyclic) bond motifs is 1. The average Bonchev–Trinajstić information content (AvgIpc) is 2.85. The van der Waals surface area contributed by atoms with E-state index < -0.39 is 21.5 Å². The molecule has 9 heteroatoms. The highest BCUT2D eigenvalue weighted by Gasteiger charge is 2.37. The minimum Gasteiger partial charge on any atom is -0.480 e. The van der Waals surface area contributed by atoms with Crippen LogP contribution in [0.1, 0.15) is 26.7 Å². The quantitative estimate of drug-likeness (QED) is 0.833. The van der Waals surface area contributed by atoms with Crippen molar-refractivity contribution in [3.05, 3.63) is 18.2 Å². The summed E-state index contributed by atoms with van der Waals surface area (Å²) in [5.74, 6) is -1.21. The summed E-state index contributed by atoms with van der Waals surface area (Å²) >= 11 is 0.909. The molecule has 2 aromatic rings. The molecule has 0 amide bonds. The van der Waals surface area contributed by atoms with Crippen LogP contribution in [0, 0.1) is 0 Å². The van der Waals surface area contributed by atoms with E-state index in [1.54, 1.807) is 19.1 Å². The van der Waals surface area contributed by atoms with Crippen LogP contribution < -0.4 is 4.72 Å². The predicted octanol–water partition coefficient (Wildman–Crippen LogP) is 1.61. The molecule has 0 saturated carbocycles. The molecule has 1 aromatic carbocycles. The van der Waals surface area contributed by atoms with Gasteiger partial charge in [-0.3, -0.25) is 4.79 Å². The molecular formula is C12H15N3O4S2. The molecule has 2 rings (SSSR count). The highest BCUT2D eigenvalue weighted by atomic mass is 32.2. The maximum atomic E-state index is 12.5. The molecule has 1 heterocycles. The fourth-order valence-corrected chi connectivity index (χ4v) is 4.21. The molecule has 21 heavy (non-hydrogen) atoms. The molecule has 0 aliphatic rings. The lowest BCUT2D eigenvalue weighted by molar-refractivity contribution is -0.143. The second-order valence-corrected chi connectivity index (χ2v) is 7.06. The second-order valence-electron chi connectivity index (χ2n) is 4.88. The van der Waals surface area contributed by atoms with Gasteiger partial charge in [0.25, 0.3) is 0 Å². The van der Waals surface area contributed by atoms with E-state index in [1.165, 1.54) is 13.0 Å². The van der Waals surface area contributed by atoms with E-state index in [9.17, 15) is 18.3 Å². The zero-order valence-corrected chi connectivity index (χ0v) is 13.2. The Kier molecular flexibility index (Phi) is 4.26. The van der Waals surface area contributed by atoms with Crippen molar-refractivity contribution in [2.75, 3.05) is 0 Å². The number of carboxylic acid groups (broad SMARTS) is 1. The molecule has 0 aliphatic heterocycles. The van der Waals surface area contributed by atoms with Crippen LogP contribution in [0.2, 0.25) is 0 Å². The minimum absolute atomic E-state index is 0.0580. The van der Waals surface area contributed by atoms with Gasteiger partial charge in [0.05, 0.1) is 11.7 Å². The monoisotopic (exact) mass is 329 g/mol. The standard InChI is InChI=1S/C12H15N3O4S2/c1-3-7-12(2,11(16)17)15-21(18,19)9-6-4-5-8-10(9)14-20-13-8/h4-6,15H,3,7H2,1-2H3,(H,16,17). The Morgan fingerprint density at radius 3 is 2.76 bits per heavy atom. The number of hydrogen-bond acceptors (Lipinski definition) is 6. The number of benzene rings is 1. The first-order chi connectivity index (χ1) is 9.80. The first-order valence-corrected chi connectivity index (χ1v) is 8.50. The molecular weight excluding hydrogens is 314 g/mol. The number of nitrogens with zero attached hydrogens (tertiary/aromatic N) is 2. The van der Waals surface area contributed by atoms with Crippen LogP contribution >= 0.6 is 11.7 Å². The van der Waals surface area contributed by atoms with Gasteiger partial charge in [-0.2, -0.15) is 13.5 Å². The lowest BCUT2D eigenvalue weighted by atomic mass is 9.98. The Morgan fingerprint density at radius 1 is 1.43 bits per heavy atom. The number of carboxylic acids is 1. The van der Waals surface area contributed by atoms with Crippen LogP contribution in [0.4, 0.5) is 0 Å². The van der Waals surface area contributed by atoms with Crippen molar-refractivity contribution in [2.24, 2.45) is 0 Å². The van der Waals surface area contributed by atoms with Crippen molar-refractivity contribution < 1.29 is 18.3 Å². The molecule has 1 atom stereocenters. The summed E-state index contributed by atoms with van der Waals surface area (Å²) in [5, 5.41) is 9.29. The smallest absolute Gasteiger partial charge is 0.324 e. The summed E-state index contributed by atoms with van der Waals surface area (Å²) in [6.07, 6.45) is 0.723. The van der Waals surface area contributed by atoms with E-state index in [1.807, 2.05) is 0 Å². The molecule has 0 fully saturated rings. The SMILES string of the molecule is CCCC(C)(NS(=O)(=O)c1cccc2nsnc12)C(=O)O. The molecule has 0 bridgehead atoms. The van der Waals surface area contributed by atoms with E-state index in [-0.39, 0.29) is 16.8 Å². The van der Waals surface area contributed by atoms with Crippen molar-refractivity contribution in [1.29, 1.82) is 0 Å². The fraction of sp³-hybridized carbons (Fsp3) is 0.417. The lowest BCUT2D eigenvalue weighted by Gasteiger charge is -2.25. The molecule has 0 saturated heterocycles. The zero-order valence-electron chi connectivity index (χ0n) is 11.5. The van der Waals surface area contributed by atoms with E-state index in [0.717, 1.165) is 11.7 Å². The number of sulfonamides is 1. The average molecular weight is 329 g/mol. The molecule has 1 aromatic heterocycles. The van der Waals surface area contributed by atoms with Crippen molar-refractivity contribution in [3.8, 4) is 0 Å². The Balaban J connectivity index is 2.47. The molecule has 2 N–H and O–H groups in total. The van der Waals surface area contributed by atoms with Crippen LogP contribution in [-0.2, 0) is 14.8 Å². The Labute approximate surface area is 126 Å². The van der Waals surface area contributed by atoms with Crippen molar-refractivity contribution >= 4 is 38.8 Å². The van der Waals surface area contributed by atoms with Gasteiger partial charge in [0.2, 0.25) is 10.0 Å². The predicted molar refractivity (Wildman–Crippen MR) is 78.7 cm³/mol. The van der Waals surface area contributed by atoms with Gasteiger partial charge in [-0.15, -0.1) is 0 Å². The maximum Gasteiger partial charge on any atom is 0.324 e. The van der Waals surface area contributed by atoms with Gasteiger partial charge in [0, 0.05) is 0 Å². The number of hydrogen-bond donors (Lipinski definition) is 2. The molecule has 114 valence electrons. The van der Waals surface area contributed by atoms with Gasteiger partial charge in [0.15, 0.2) is 0 Å². The number of rotatable bonds is 6. The summed E-state index contributed by atoms with van der Waals surface area (Å²) < 4.78 is 35.2. The van der Waals surface area contributed by atoms with Crippen molar-refractivity contribution in [1.82, 2.24) is 13.5 Å². The lowest BCUT2D eigenvalue weighted by Crippen LogP contribution is -2.51. The summed E-state index contributed by atoms with van der Waals surface area (Å²) in [4.78, 5) is 11.3. The van der Waals surface area contributed by atoms with Crippen LogP contribution in [0.25, 0.3) is 11.0 Å². The summed E-state index contributed by atoms with van der Waals surface area (Å²) in [5.41, 5.74) is -0.839. The first-order valence-electron chi connectivity index (χ1n) is 6.29. The number of aromatic nitrogens is 2. The fourth-order valence-electron chi connectivity index (χ4n) is 2.05. The van der Waals surface area contributed by atoms with Gasteiger partial charge in [0.1, 0.15) is 21.5 Å². The number of carbonyl (C=O) groups is 1. The summed E-state index contributed by atoms with van der Waals surface area (Å²) in [7, 11) is -4.01. The van der Waals surface area contributed by atoms with Crippen LogP contribution in [-0.4, -0.2) is 33.8 Å². The normalized spacial score (nSPS) is 15.0. The number of nitrogens with one attached hydrogen (secondary N) is 1. The topological polar surface area (TPSA) is 109 Å². The van der Waals surface area contributed by atoms with E-state index in [4.69, 9.17) is 0 Å². The molecule has 0 radical (unpaired) electrons. The van der Waals surface area contributed by atoms with Crippen molar-refractivity contribution in [2.45, 2.75) is 37.1 Å². The van der Waals surface area contributed by atoms with Gasteiger partial charge < -0.3 is 5.11 Å².